The van der Waals surface area contributed by atoms with Gasteiger partial charge in [0.25, 0.3) is 0 Å². The number of aldehydes is 1. The molecule has 0 aliphatic carbocycles. The van der Waals surface area contributed by atoms with Crippen molar-refractivity contribution in [3.8, 4) is 5.75 Å². The van der Waals surface area contributed by atoms with Gasteiger partial charge in [-0.2, -0.15) is 0 Å². The second-order valence-corrected chi connectivity index (χ2v) is 16.1. The zero-order chi connectivity index (χ0) is 36.5. The van der Waals surface area contributed by atoms with Crippen molar-refractivity contribution >= 4 is 40.7 Å². The number of carbonyl (C=O) groups excluding carboxylic acids is 2. The number of aryl methyl sites for hydroxylation is 1. The van der Waals surface area contributed by atoms with Crippen LogP contribution in [0.2, 0.25) is 5.02 Å². The molecule has 0 saturated carbocycles. The average molecular weight is 744 g/mol. The maximum Gasteiger partial charge on any atom is 0.410 e. The van der Waals surface area contributed by atoms with Crippen molar-refractivity contribution < 1.29 is 32.7 Å². The number of ether oxygens (including phenoxy) is 4. The second kappa shape index (κ2) is 18.2. The summed E-state index contributed by atoms with van der Waals surface area (Å²) < 4.78 is 40.2. The first kappa shape index (κ1) is 39.3. The van der Waals surface area contributed by atoms with Crippen LogP contribution in [-0.4, -0.2) is 91.8 Å². The third-order valence-corrected chi connectivity index (χ3v) is 11.4. The van der Waals surface area contributed by atoms with Crippen molar-refractivity contribution in [1.29, 1.82) is 0 Å². The molecule has 5 rings (SSSR count). The number of nitrogens with one attached hydrogen (secondary N) is 1. The number of benzene rings is 2. The highest BCUT2D eigenvalue weighted by Gasteiger charge is 2.37. The summed E-state index contributed by atoms with van der Waals surface area (Å²) in [6.07, 6.45) is 9.11. The number of amides is 1. The van der Waals surface area contributed by atoms with Crippen LogP contribution < -0.4 is 14.4 Å². The minimum atomic E-state index is -1.37. The summed E-state index contributed by atoms with van der Waals surface area (Å²) in [7, 11) is 0.309. The molecule has 6 unspecified atom stereocenters. The van der Waals surface area contributed by atoms with Gasteiger partial charge in [0, 0.05) is 29.9 Å². The van der Waals surface area contributed by atoms with E-state index in [2.05, 4.69) is 35.6 Å². The molecule has 2 aromatic carbocycles. The lowest BCUT2D eigenvalue weighted by atomic mass is 9.91. The Kier molecular flexibility index (Phi) is 14.0. The quantitative estimate of drug-likeness (QED) is 0.147. The van der Waals surface area contributed by atoms with E-state index in [4.69, 9.17) is 30.5 Å². The zero-order valence-electron chi connectivity index (χ0n) is 30.6. The topological polar surface area (TPSA) is 107 Å². The Balaban J connectivity index is 1.40. The minimum Gasteiger partial charge on any atom is -0.491 e. The lowest BCUT2D eigenvalue weighted by Crippen LogP contribution is -2.47. The number of hydrogen-bond acceptors (Lipinski definition) is 8. The van der Waals surface area contributed by atoms with E-state index in [1.165, 1.54) is 11.1 Å². The Morgan fingerprint density at radius 1 is 1.14 bits per heavy atom. The molecular formula is C39H54ClN3O7S. The molecule has 51 heavy (non-hydrogen) atoms. The number of likely N-dealkylation sites (tertiary alicyclic amines) is 1. The molecule has 3 aliphatic rings. The highest BCUT2D eigenvalue weighted by Crippen LogP contribution is 2.38. The van der Waals surface area contributed by atoms with Gasteiger partial charge in [0.15, 0.2) is 6.29 Å². The van der Waals surface area contributed by atoms with Gasteiger partial charge in [0.05, 0.1) is 49.1 Å². The summed E-state index contributed by atoms with van der Waals surface area (Å²) in [5.74, 6) is 0.792. The van der Waals surface area contributed by atoms with Crippen molar-refractivity contribution in [1.82, 2.24) is 9.62 Å². The number of carbonyl (C=O) groups is 2. The Morgan fingerprint density at radius 2 is 1.90 bits per heavy atom. The Morgan fingerprint density at radius 3 is 2.59 bits per heavy atom. The number of morpholine rings is 1. The molecule has 3 heterocycles. The summed E-state index contributed by atoms with van der Waals surface area (Å²) in [4.78, 5) is 29.8. The predicted octanol–water partition coefficient (Wildman–Crippen LogP) is 6.85. The minimum absolute atomic E-state index is 0.0195. The van der Waals surface area contributed by atoms with Gasteiger partial charge in [-0.1, -0.05) is 44.0 Å². The molecule has 0 spiro atoms. The number of hydrogen-bond donors (Lipinski definition) is 1. The summed E-state index contributed by atoms with van der Waals surface area (Å²) >= 11 is 6.44. The molecule has 6 atom stereocenters. The summed E-state index contributed by atoms with van der Waals surface area (Å²) in [6.45, 7) is 10.8. The van der Waals surface area contributed by atoms with Crippen molar-refractivity contribution in [3.05, 3.63) is 64.7 Å². The van der Waals surface area contributed by atoms with Gasteiger partial charge in [-0.3, -0.25) is 0 Å². The fourth-order valence-electron chi connectivity index (χ4n) is 7.22. The fraction of sp³-hybridized carbons (Fsp3) is 0.590. The van der Waals surface area contributed by atoms with E-state index < -0.39 is 22.7 Å². The van der Waals surface area contributed by atoms with Crippen LogP contribution in [-0.2, 0) is 36.4 Å². The summed E-state index contributed by atoms with van der Waals surface area (Å²) in [5.41, 5.74) is 2.42. The third-order valence-electron chi connectivity index (χ3n) is 10.1. The second-order valence-electron chi connectivity index (χ2n) is 14.3. The average Bonchev–Trinajstić information content (AvgIpc) is 3.36. The normalized spacial score (nSPS) is 22.2. The maximum absolute atomic E-state index is 13.6. The SMILES string of the molecule is CCCc1cc(Cl)ccc1C1COc2ccc(S(=O)NC)cc2N(CCC(CC)C(/C=C/COC(C)(C)C=O)OC(=O)N2CC3CCC(C2)O3)C1. The maximum atomic E-state index is 13.6. The fourth-order valence-corrected chi connectivity index (χ4v) is 8.06. The monoisotopic (exact) mass is 743 g/mol. The number of halogens is 1. The van der Waals surface area contributed by atoms with Gasteiger partial charge in [-0.15, -0.1) is 0 Å². The molecule has 0 radical (unpaired) electrons. The van der Waals surface area contributed by atoms with Crippen LogP contribution in [0.3, 0.4) is 0 Å². The standard InChI is InChI=1S/C39H54ClN3O7S/c1-6-9-28-20-30(40)11-15-34(28)29-22-42(35-21-33(51(46)41-5)14-16-37(35)47-25-29)18-17-27(7-2)36(10-8-19-48-39(3,4)26-44)50-38(45)43-23-31-12-13-32(24-43)49-31/h8,10-11,14-16,20-21,26-27,29,31-32,36,41H,6-7,9,12-13,17-19,22-25H2,1-5H3/b10-8+. The van der Waals surface area contributed by atoms with Gasteiger partial charge < -0.3 is 33.5 Å². The van der Waals surface area contributed by atoms with Crippen LogP contribution in [0.4, 0.5) is 10.5 Å². The van der Waals surface area contributed by atoms with E-state index >= 15 is 0 Å². The first-order chi connectivity index (χ1) is 24.5. The first-order valence-corrected chi connectivity index (χ1v) is 19.8. The highest BCUT2D eigenvalue weighted by atomic mass is 35.5. The number of fused-ring (bicyclic) bond motifs is 3. The predicted molar refractivity (Wildman–Crippen MR) is 201 cm³/mol. The van der Waals surface area contributed by atoms with Gasteiger partial charge in [-0.05, 0) is 101 Å². The smallest absolute Gasteiger partial charge is 0.410 e. The molecule has 2 bridgehead atoms. The van der Waals surface area contributed by atoms with Crippen molar-refractivity contribution in [2.75, 3.05) is 51.3 Å². The molecule has 2 fully saturated rings. The zero-order valence-corrected chi connectivity index (χ0v) is 32.2. The van der Waals surface area contributed by atoms with E-state index in [-0.39, 0.29) is 36.7 Å². The molecule has 2 saturated heterocycles. The van der Waals surface area contributed by atoms with E-state index in [1.807, 2.05) is 36.4 Å². The van der Waals surface area contributed by atoms with Crippen LogP contribution in [0, 0.1) is 5.92 Å². The van der Waals surface area contributed by atoms with Crippen molar-refractivity contribution in [2.45, 2.75) is 101 Å². The Bertz CT molecular complexity index is 1540. The lowest BCUT2D eigenvalue weighted by Gasteiger charge is -2.34. The number of rotatable bonds is 16. The molecule has 3 aliphatic heterocycles. The molecular weight excluding hydrogens is 690 g/mol. The van der Waals surface area contributed by atoms with E-state index in [0.29, 0.717) is 44.1 Å². The molecule has 0 aromatic heterocycles. The van der Waals surface area contributed by atoms with Gasteiger partial charge in [-0.25, -0.2) is 13.7 Å². The van der Waals surface area contributed by atoms with E-state index in [0.717, 1.165) is 54.8 Å². The first-order valence-electron chi connectivity index (χ1n) is 18.3. The third kappa shape index (κ3) is 10.3. The van der Waals surface area contributed by atoms with E-state index in [1.54, 1.807) is 25.8 Å². The van der Waals surface area contributed by atoms with Crippen LogP contribution in [0.1, 0.15) is 76.8 Å². The molecule has 1 N–H and O–H groups in total. The number of nitrogens with zero attached hydrogens (tertiary/aromatic N) is 2. The van der Waals surface area contributed by atoms with Crippen LogP contribution in [0.5, 0.6) is 5.75 Å². The van der Waals surface area contributed by atoms with Gasteiger partial charge in [0.1, 0.15) is 28.4 Å². The van der Waals surface area contributed by atoms with Crippen molar-refractivity contribution in [3.63, 3.8) is 0 Å². The molecule has 2 aromatic rings. The van der Waals surface area contributed by atoms with Crippen molar-refractivity contribution in [2.24, 2.45) is 5.92 Å². The van der Waals surface area contributed by atoms with Crippen LogP contribution in [0.25, 0.3) is 0 Å². The highest BCUT2D eigenvalue weighted by molar-refractivity contribution is 7.83. The summed E-state index contributed by atoms with van der Waals surface area (Å²) in [6, 6.07) is 11.8. The summed E-state index contributed by atoms with van der Waals surface area (Å²) in [5, 5.41) is 0.723. The molecule has 280 valence electrons. The van der Waals surface area contributed by atoms with Crippen LogP contribution >= 0.6 is 11.6 Å². The van der Waals surface area contributed by atoms with Gasteiger partial charge in [0.2, 0.25) is 0 Å². The van der Waals surface area contributed by atoms with Gasteiger partial charge >= 0.3 is 6.09 Å². The molecule has 1 amide bonds. The van der Waals surface area contributed by atoms with E-state index in [9.17, 15) is 13.8 Å². The Hall–Kier alpha value is -2.96. The van der Waals surface area contributed by atoms with Crippen LogP contribution in [0.15, 0.2) is 53.4 Å². The lowest BCUT2D eigenvalue weighted by molar-refractivity contribution is -0.125. The molecule has 12 heteroatoms. The largest absolute Gasteiger partial charge is 0.491 e. The molecule has 10 nitrogen and oxygen atoms in total. The number of anilines is 1. The Labute approximate surface area is 310 Å².